The maximum Gasteiger partial charge on any atom is 0.457 e. The lowest BCUT2D eigenvalue weighted by Crippen LogP contribution is -2.43. The number of likely N-dealkylation sites (tertiary alicyclic amines) is 1. The molecule has 2 saturated heterocycles. The quantitative estimate of drug-likeness (QED) is 0.693. The van der Waals surface area contributed by atoms with E-state index in [1.165, 1.54) is 6.42 Å². The maximum atomic E-state index is 12.6. The van der Waals surface area contributed by atoms with Crippen LogP contribution in [0.3, 0.4) is 0 Å². The summed E-state index contributed by atoms with van der Waals surface area (Å²) >= 11 is 0. The maximum absolute atomic E-state index is 12.6. The summed E-state index contributed by atoms with van der Waals surface area (Å²) in [6, 6.07) is 0.205. The highest BCUT2D eigenvalue weighted by atomic mass is 16.7. The van der Waals surface area contributed by atoms with E-state index in [0.717, 1.165) is 38.5 Å². The van der Waals surface area contributed by atoms with Crippen LogP contribution < -0.4 is 0 Å². The number of carbonyl (C=O) groups is 1. The zero-order valence-corrected chi connectivity index (χ0v) is 17.2. The van der Waals surface area contributed by atoms with Crippen LogP contribution in [-0.2, 0) is 14.0 Å². The molecular weight excluding hydrogens is 317 g/mol. The number of carbonyl (C=O) groups excluding carboxylic acids is 1. The van der Waals surface area contributed by atoms with Crippen molar-refractivity contribution in [2.45, 2.75) is 110 Å². The van der Waals surface area contributed by atoms with E-state index in [0.29, 0.717) is 0 Å². The van der Waals surface area contributed by atoms with Gasteiger partial charge in [0, 0.05) is 12.6 Å². The van der Waals surface area contributed by atoms with Crippen molar-refractivity contribution >= 4 is 13.2 Å². The van der Waals surface area contributed by atoms with E-state index >= 15 is 0 Å². The first-order valence-electron chi connectivity index (χ1n) is 9.76. The number of hydrogen-bond acceptors (Lipinski definition) is 4. The summed E-state index contributed by atoms with van der Waals surface area (Å²) in [6.45, 7) is 14.8. The molecule has 1 amide bonds. The second kappa shape index (κ2) is 7.47. The molecule has 2 rings (SSSR count). The number of ether oxygens (including phenoxy) is 1. The highest BCUT2D eigenvalue weighted by Crippen LogP contribution is 2.38. The van der Waals surface area contributed by atoms with Gasteiger partial charge >= 0.3 is 13.2 Å². The Hall–Kier alpha value is -0.745. The Balaban J connectivity index is 1.96. The van der Waals surface area contributed by atoms with Gasteiger partial charge in [-0.3, -0.25) is 0 Å². The molecule has 2 aliphatic rings. The lowest BCUT2D eigenvalue weighted by Gasteiger charge is -2.32. The largest absolute Gasteiger partial charge is 0.457 e. The summed E-state index contributed by atoms with van der Waals surface area (Å²) in [4.78, 5) is 14.6. The van der Waals surface area contributed by atoms with Gasteiger partial charge in [0.15, 0.2) is 0 Å². The van der Waals surface area contributed by atoms with Crippen LogP contribution in [0.1, 0.15) is 80.6 Å². The Labute approximate surface area is 153 Å². The van der Waals surface area contributed by atoms with Gasteiger partial charge in [-0.1, -0.05) is 12.8 Å². The second-order valence-electron chi connectivity index (χ2n) is 9.44. The van der Waals surface area contributed by atoms with Crippen molar-refractivity contribution in [2.75, 3.05) is 6.54 Å². The topological polar surface area (TPSA) is 48.0 Å². The first kappa shape index (κ1) is 20.6. The van der Waals surface area contributed by atoms with Crippen molar-refractivity contribution in [1.29, 1.82) is 0 Å². The third-order valence-electron chi connectivity index (χ3n) is 5.54. The van der Waals surface area contributed by atoms with Crippen LogP contribution in [0.5, 0.6) is 0 Å². The van der Waals surface area contributed by atoms with Crippen LogP contribution in [0.25, 0.3) is 0 Å². The smallest absolute Gasteiger partial charge is 0.444 e. The van der Waals surface area contributed by atoms with E-state index in [9.17, 15) is 4.79 Å². The standard InChI is InChI=1S/C19H36BNO4/c1-17(2,3)23-16(22)21-14-10-8-9-11-15(21)12-13-20-24-18(4,5)19(6,7)25-20/h15H,8-14H2,1-7H3. The average molecular weight is 353 g/mol. The van der Waals surface area contributed by atoms with Crippen molar-refractivity contribution in [3.05, 3.63) is 0 Å². The van der Waals surface area contributed by atoms with Crippen LogP contribution in [0.15, 0.2) is 0 Å². The minimum absolute atomic E-state index is 0.187. The van der Waals surface area contributed by atoms with Gasteiger partial charge in [0.1, 0.15) is 5.60 Å². The molecule has 0 aromatic carbocycles. The predicted octanol–water partition coefficient (Wildman–Crippen LogP) is 4.65. The number of amides is 1. The molecule has 0 spiro atoms. The Morgan fingerprint density at radius 1 is 1.12 bits per heavy atom. The van der Waals surface area contributed by atoms with Crippen molar-refractivity contribution in [2.24, 2.45) is 0 Å². The molecule has 2 heterocycles. The number of rotatable bonds is 3. The van der Waals surface area contributed by atoms with Gasteiger partial charge in [-0.05, 0) is 74.0 Å². The zero-order valence-electron chi connectivity index (χ0n) is 17.2. The molecule has 0 radical (unpaired) electrons. The van der Waals surface area contributed by atoms with E-state index in [1.54, 1.807) is 0 Å². The molecule has 144 valence electrons. The molecule has 2 fully saturated rings. The van der Waals surface area contributed by atoms with Crippen LogP contribution in [0.4, 0.5) is 4.79 Å². The van der Waals surface area contributed by atoms with E-state index in [4.69, 9.17) is 14.0 Å². The molecule has 0 aromatic rings. The van der Waals surface area contributed by atoms with Crippen molar-refractivity contribution in [1.82, 2.24) is 4.90 Å². The number of hydrogen-bond donors (Lipinski definition) is 0. The summed E-state index contributed by atoms with van der Waals surface area (Å²) in [7, 11) is -0.200. The van der Waals surface area contributed by atoms with Crippen LogP contribution in [-0.4, -0.2) is 47.5 Å². The predicted molar refractivity (Wildman–Crippen MR) is 101 cm³/mol. The summed E-state index contributed by atoms with van der Waals surface area (Å²) < 4.78 is 17.8. The molecule has 0 aromatic heterocycles. The fourth-order valence-electron chi connectivity index (χ4n) is 3.45. The van der Waals surface area contributed by atoms with Crippen LogP contribution >= 0.6 is 0 Å². The Morgan fingerprint density at radius 2 is 1.72 bits per heavy atom. The average Bonchev–Trinajstić information content (AvgIpc) is 2.61. The third kappa shape index (κ3) is 5.36. The summed E-state index contributed by atoms with van der Waals surface area (Å²) in [6.07, 6.45) is 5.91. The van der Waals surface area contributed by atoms with Gasteiger partial charge in [0.05, 0.1) is 11.2 Å². The van der Waals surface area contributed by atoms with Crippen LogP contribution in [0, 0.1) is 0 Å². The normalized spacial score (nSPS) is 26.4. The minimum Gasteiger partial charge on any atom is -0.444 e. The molecular formula is C19H36BNO4. The second-order valence-corrected chi connectivity index (χ2v) is 9.44. The van der Waals surface area contributed by atoms with Crippen molar-refractivity contribution in [3.63, 3.8) is 0 Å². The van der Waals surface area contributed by atoms with Gasteiger partial charge in [-0.25, -0.2) is 4.79 Å². The Bertz CT molecular complexity index is 457. The molecule has 25 heavy (non-hydrogen) atoms. The molecule has 0 aliphatic carbocycles. The SMILES string of the molecule is CC(C)(C)OC(=O)N1CCCCCC1CCB1OC(C)(C)C(C)(C)O1. The highest BCUT2D eigenvalue weighted by molar-refractivity contribution is 6.45. The van der Waals surface area contributed by atoms with Gasteiger partial charge in [-0.2, -0.15) is 0 Å². The van der Waals surface area contributed by atoms with E-state index in [-0.39, 0.29) is 30.5 Å². The monoisotopic (exact) mass is 353 g/mol. The Kier molecular flexibility index (Phi) is 6.15. The molecule has 0 N–H and O–H groups in total. The summed E-state index contributed by atoms with van der Waals surface area (Å²) in [5.74, 6) is 0. The molecule has 2 aliphatic heterocycles. The fraction of sp³-hybridized carbons (Fsp3) is 0.947. The molecule has 1 atom stereocenters. The molecule has 5 nitrogen and oxygen atoms in total. The highest BCUT2D eigenvalue weighted by Gasteiger charge is 2.50. The van der Waals surface area contributed by atoms with Crippen molar-refractivity contribution < 1.29 is 18.8 Å². The van der Waals surface area contributed by atoms with E-state index in [1.807, 2.05) is 25.7 Å². The first-order chi connectivity index (χ1) is 11.4. The van der Waals surface area contributed by atoms with Gasteiger partial charge in [-0.15, -0.1) is 0 Å². The van der Waals surface area contributed by atoms with E-state index in [2.05, 4.69) is 27.7 Å². The zero-order chi connectivity index (χ0) is 18.9. The summed E-state index contributed by atoms with van der Waals surface area (Å²) in [5, 5.41) is 0. The first-order valence-corrected chi connectivity index (χ1v) is 9.76. The lowest BCUT2D eigenvalue weighted by molar-refractivity contribution is 0.00578. The molecule has 1 unspecified atom stereocenters. The molecule has 0 bridgehead atoms. The van der Waals surface area contributed by atoms with Crippen molar-refractivity contribution in [3.8, 4) is 0 Å². The van der Waals surface area contributed by atoms with E-state index < -0.39 is 5.60 Å². The summed E-state index contributed by atoms with van der Waals surface area (Å²) in [5.41, 5.74) is -1.06. The van der Waals surface area contributed by atoms with Gasteiger partial charge in [0.25, 0.3) is 0 Å². The Morgan fingerprint density at radius 3 is 2.28 bits per heavy atom. The molecule has 0 saturated carbocycles. The fourth-order valence-corrected chi connectivity index (χ4v) is 3.45. The minimum atomic E-state index is -0.459. The lowest BCUT2D eigenvalue weighted by atomic mass is 9.80. The van der Waals surface area contributed by atoms with Crippen LogP contribution in [0.2, 0.25) is 6.32 Å². The number of nitrogens with zero attached hydrogens (tertiary/aromatic N) is 1. The third-order valence-corrected chi connectivity index (χ3v) is 5.54. The van der Waals surface area contributed by atoms with Gasteiger partial charge < -0.3 is 18.9 Å². The molecule has 6 heteroatoms. The van der Waals surface area contributed by atoms with Gasteiger partial charge in [0.2, 0.25) is 0 Å².